The average molecular weight is 271 g/mol. The van der Waals surface area contributed by atoms with Crippen molar-refractivity contribution >= 4 is 28.9 Å². The molecule has 17 heavy (non-hydrogen) atoms. The topological polar surface area (TPSA) is 68.1 Å². The molecule has 1 heterocycles. The van der Waals surface area contributed by atoms with Crippen LogP contribution in [-0.2, 0) is 0 Å². The molecule has 1 aromatic heterocycles. The van der Waals surface area contributed by atoms with Gasteiger partial charge in [0.25, 0.3) is 0 Å². The predicted molar refractivity (Wildman–Crippen MR) is 68.0 cm³/mol. The number of halogens is 2. The lowest BCUT2D eigenvalue weighted by Crippen LogP contribution is -2.01. The molecule has 0 atom stereocenters. The van der Waals surface area contributed by atoms with Gasteiger partial charge in [-0.25, -0.2) is 0 Å². The highest BCUT2D eigenvalue weighted by molar-refractivity contribution is 6.37. The standard InChI is InChI=1S/C11H8Cl2N2O2/c12-8-3-6(14)4-9(13)11(8)17-7-1-2-10(16)15-5-7/h1-5H,14H2,(H,15,16). The Morgan fingerprint density at radius 1 is 1.18 bits per heavy atom. The summed E-state index contributed by atoms with van der Waals surface area (Å²) in [4.78, 5) is 13.4. The lowest BCUT2D eigenvalue weighted by Gasteiger charge is -2.09. The Kier molecular flexibility index (Phi) is 3.26. The first kappa shape index (κ1) is 11.8. The first-order valence-corrected chi connectivity index (χ1v) is 5.43. The molecule has 0 aliphatic heterocycles. The maximum atomic E-state index is 10.9. The molecule has 88 valence electrons. The molecule has 2 rings (SSSR count). The summed E-state index contributed by atoms with van der Waals surface area (Å²) in [5, 5.41) is 0.613. The Hall–Kier alpha value is -1.65. The van der Waals surface area contributed by atoms with Crippen molar-refractivity contribution in [2.75, 3.05) is 5.73 Å². The SMILES string of the molecule is Nc1cc(Cl)c(Oc2ccc(=O)[nH]c2)c(Cl)c1. The van der Waals surface area contributed by atoms with Crippen LogP contribution in [0.5, 0.6) is 11.5 Å². The fourth-order valence-corrected chi connectivity index (χ4v) is 1.84. The van der Waals surface area contributed by atoms with Crippen LogP contribution in [0.15, 0.2) is 35.3 Å². The Morgan fingerprint density at radius 2 is 1.82 bits per heavy atom. The third-order valence-corrected chi connectivity index (χ3v) is 2.56. The molecule has 0 saturated heterocycles. The van der Waals surface area contributed by atoms with Crippen molar-refractivity contribution < 1.29 is 4.74 Å². The molecule has 0 saturated carbocycles. The fourth-order valence-electron chi connectivity index (χ4n) is 1.25. The van der Waals surface area contributed by atoms with Crippen molar-refractivity contribution in [2.24, 2.45) is 0 Å². The van der Waals surface area contributed by atoms with Gasteiger partial charge in [-0.05, 0) is 18.2 Å². The number of rotatable bonds is 2. The number of aromatic amines is 1. The van der Waals surface area contributed by atoms with E-state index in [1.54, 1.807) is 0 Å². The maximum absolute atomic E-state index is 10.9. The molecule has 0 radical (unpaired) electrons. The highest BCUT2D eigenvalue weighted by atomic mass is 35.5. The molecule has 6 heteroatoms. The van der Waals surface area contributed by atoms with Crippen LogP contribution in [-0.4, -0.2) is 4.98 Å². The van der Waals surface area contributed by atoms with Crippen molar-refractivity contribution in [1.29, 1.82) is 0 Å². The first-order chi connectivity index (χ1) is 8.06. The third kappa shape index (κ3) is 2.72. The van der Waals surface area contributed by atoms with E-state index in [1.807, 2.05) is 0 Å². The van der Waals surface area contributed by atoms with E-state index in [1.165, 1.54) is 30.5 Å². The van der Waals surface area contributed by atoms with Crippen LogP contribution >= 0.6 is 23.2 Å². The van der Waals surface area contributed by atoms with Crippen molar-refractivity contribution in [1.82, 2.24) is 4.98 Å². The molecule has 0 aliphatic rings. The van der Waals surface area contributed by atoms with E-state index in [9.17, 15) is 4.79 Å². The second kappa shape index (κ2) is 4.69. The Bertz CT molecular complexity index is 567. The van der Waals surface area contributed by atoms with Gasteiger partial charge in [-0.2, -0.15) is 0 Å². The molecule has 0 bridgehead atoms. The zero-order valence-corrected chi connectivity index (χ0v) is 10.0. The quantitative estimate of drug-likeness (QED) is 0.825. The van der Waals surface area contributed by atoms with Gasteiger partial charge in [0.15, 0.2) is 5.75 Å². The number of anilines is 1. The first-order valence-electron chi connectivity index (χ1n) is 4.67. The number of ether oxygens (including phenoxy) is 1. The van der Waals surface area contributed by atoms with Crippen LogP contribution in [0.2, 0.25) is 10.0 Å². The van der Waals surface area contributed by atoms with Crippen LogP contribution in [0.3, 0.4) is 0 Å². The molecule has 0 amide bonds. The highest BCUT2D eigenvalue weighted by Gasteiger charge is 2.09. The van der Waals surface area contributed by atoms with Gasteiger partial charge in [-0.15, -0.1) is 0 Å². The van der Waals surface area contributed by atoms with Crippen LogP contribution in [0, 0.1) is 0 Å². The van der Waals surface area contributed by atoms with Gasteiger partial charge in [0, 0.05) is 18.0 Å². The number of hydrogen-bond donors (Lipinski definition) is 2. The molecule has 1 aromatic carbocycles. The molecule has 0 fully saturated rings. The summed E-state index contributed by atoms with van der Waals surface area (Å²) in [6.07, 6.45) is 1.42. The number of H-pyrrole nitrogens is 1. The van der Waals surface area contributed by atoms with E-state index in [0.29, 0.717) is 27.2 Å². The van der Waals surface area contributed by atoms with E-state index >= 15 is 0 Å². The number of aromatic nitrogens is 1. The lowest BCUT2D eigenvalue weighted by molar-refractivity contribution is 0.480. The van der Waals surface area contributed by atoms with Crippen molar-refractivity contribution in [2.45, 2.75) is 0 Å². The number of benzene rings is 1. The lowest BCUT2D eigenvalue weighted by atomic mass is 10.3. The predicted octanol–water partition coefficient (Wildman–Crippen LogP) is 3.06. The number of nitrogen functional groups attached to an aromatic ring is 1. The van der Waals surface area contributed by atoms with Gasteiger partial charge in [-0.3, -0.25) is 4.79 Å². The number of pyridine rings is 1. The van der Waals surface area contributed by atoms with E-state index in [2.05, 4.69) is 4.98 Å². The Labute approximate surface area is 107 Å². The number of nitrogens with one attached hydrogen (secondary N) is 1. The van der Waals surface area contributed by atoms with E-state index in [4.69, 9.17) is 33.7 Å². The van der Waals surface area contributed by atoms with Gasteiger partial charge < -0.3 is 15.5 Å². The minimum atomic E-state index is -0.216. The zero-order valence-electron chi connectivity index (χ0n) is 8.54. The van der Waals surface area contributed by atoms with Gasteiger partial charge in [0.05, 0.1) is 10.0 Å². The van der Waals surface area contributed by atoms with E-state index in [-0.39, 0.29) is 5.56 Å². The molecule has 2 aromatic rings. The molecule has 3 N–H and O–H groups in total. The summed E-state index contributed by atoms with van der Waals surface area (Å²) < 4.78 is 5.46. The van der Waals surface area contributed by atoms with Crippen LogP contribution in [0.25, 0.3) is 0 Å². The molecular weight excluding hydrogens is 263 g/mol. The molecule has 0 aliphatic carbocycles. The summed E-state index contributed by atoms with van der Waals surface area (Å²) >= 11 is 11.9. The normalized spacial score (nSPS) is 10.2. The number of nitrogens with two attached hydrogens (primary N) is 1. The van der Waals surface area contributed by atoms with Crippen LogP contribution in [0.4, 0.5) is 5.69 Å². The average Bonchev–Trinajstić information content (AvgIpc) is 2.26. The second-order valence-corrected chi connectivity index (χ2v) is 4.12. The maximum Gasteiger partial charge on any atom is 0.248 e. The minimum absolute atomic E-state index is 0.216. The summed E-state index contributed by atoms with van der Waals surface area (Å²) in [5.41, 5.74) is 5.81. The van der Waals surface area contributed by atoms with E-state index < -0.39 is 0 Å². The second-order valence-electron chi connectivity index (χ2n) is 3.30. The van der Waals surface area contributed by atoms with Crippen molar-refractivity contribution in [3.63, 3.8) is 0 Å². The fraction of sp³-hybridized carbons (Fsp3) is 0. The monoisotopic (exact) mass is 270 g/mol. The smallest absolute Gasteiger partial charge is 0.248 e. The third-order valence-electron chi connectivity index (χ3n) is 2.00. The molecule has 4 nitrogen and oxygen atoms in total. The summed E-state index contributed by atoms with van der Waals surface area (Å²) in [6, 6.07) is 5.93. The molecular formula is C11H8Cl2N2O2. The number of hydrogen-bond acceptors (Lipinski definition) is 3. The van der Waals surface area contributed by atoms with Crippen molar-refractivity contribution in [3.05, 3.63) is 50.9 Å². The van der Waals surface area contributed by atoms with Crippen LogP contribution < -0.4 is 16.0 Å². The van der Waals surface area contributed by atoms with Gasteiger partial charge in [-0.1, -0.05) is 23.2 Å². The Balaban J connectivity index is 2.36. The Morgan fingerprint density at radius 3 is 2.35 bits per heavy atom. The summed E-state index contributed by atoms with van der Waals surface area (Å²) in [6.45, 7) is 0. The summed E-state index contributed by atoms with van der Waals surface area (Å²) in [7, 11) is 0. The largest absolute Gasteiger partial charge is 0.453 e. The minimum Gasteiger partial charge on any atom is -0.453 e. The van der Waals surface area contributed by atoms with E-state index in [0.717, 1.165) is 0 Å². The summed E-state index contributed by atoms with van der Waals surface area (Å²) in [5.74, 6) is 0.729. The zero-order chi connectivity index (χ0) is 12.4. The van der Waals surface area contributed by atoms with Crippen molar-refractivity contribution in [3.8, 4) is 11.5 Å². The highest BCUT2D eigenvalue weighted by Crippen LogP contribution is 2.37. The molecule has 0 spiro atoms. The van der Waals surface area contributed by atoms with Crippen LogP contribution in [0.1, 0.15) is 0 Å². The van der Waals surface area contributed by atoms with Gasteiger partial charge >= 0.3 is 0 Å². The molecule has 0 unspecified atom stereocenters. The van der Waals surface area contributed by atoms with Gasteiger partial charge in [0.2, 0.25) is 5.56 Å². The van der Waals surface area contributed by atoms with Gasteiger partial charge in [0.1, 0.15) is 5.75 Å².